The first kappa shape index (κ1) is 10.9. The van der Waals surface area contributed by atoms with Crippen LogP contribution in [0.4, 0.5) is 0 Å². The second-order valence-electron chi connectivity index (χ2n) is 2.90. The van der Waals surface area contributed by atoms with E-state index in [0.717, 1.165) is 10.2 Å². The Hall–Kier alpha value is -0.150. The van der Waals surface area contributed by atoms with Gasteiger partial charge in [-0.25, -0.2) is 0 Å². The summed E-state index contributed by atoms with van der Waals surface area (Å²) in [6.45, 7) is 4.00. The maximum absolute atomic E-state index is 11.3. The summed E-state index contributed by atoms with van der Waals surface area (Å²) in [5.41, 5.74) is 2.37. The van der Waals surface area contributed by atoms with Gasteiger partial charge in [-0.2, -0.15) is 0 Å². The molecule has 0 saturated heterocycles. The smallest absolute Gasteiger partial charge is 0.0488 e. The highest BCUT2D eigenvalue weighted by Gasteiger charge is 2.04. The van der Waals surface area contributed by atoms with Gasteiger partial charge in [-0.15, -0.1) is 0 Å². The summed E-state index contributed by atoms with van der Waals surface area (Å²) in [5, 5.41) is 0. The highest BCUT2D eigenvalue weighted by atomic mass is 79.9. The van der Waals surface area contributed by atoms with Crippen LogP contribution in [-0.4, -0.2) is 9.96 Å². The standard InChI is InChI=1S/C10H13BrOS/c1-3-13(12)7-9-5-4-6-10(11)8(9)2/h4-6H,3,7H2,1-2H3. The largest absolute Gasteiger partial charge is 0.259 e. The molecule has 0 radical (unpaired) electrons. The molecule has 1 nitrogen and oxygen atoms in total. The first-order valence-corrected chi connectivity index (χ1v) is 6.52. The summed E-state index contributed by atoms with van der Waals surface area (Å²) in [6.07, 6.45) is 0. The summed E-state index contributed by atoms with van der Waals surface area (Å²) in [5.74, 6) is 1.40. The average molecular weight is 261 g/mol. The fourth-order valence-electron chi connectivity index (χ4n) is 1.08. The summed E-state index contributed by atoms with van der Waals surface area (Å²) in [7, 11) is -0.717. The van der Waals surface area contributed by atoms with Gasteiger partial charge < -0.3 is 0 Å². The molecule has 0 heterocycles. The van der Waals surface area contributed by atoms with Crippen molar-refractivity contribution in [3.8, 4) is 0 Å². The van der Waals surface area contributed by atoms with Gasteiger partial charge in [0.25, 0.3) is 0 Å². The zero-order valence-corrected chi connectivity index (χ0v) is 10.2. The molecule has 0 aliphatic heterocycles. The second-order valence-corrected chi connectivity index (χ2v) is 5.50. The highest BCUT2D eigenvalue weighted by molar-refractivity contribution is 9.10. The van der Waals surface area contributed by atoms with Crippen LogP contribution in [0.15, 0.2) is 22.7 Å². The molecule has 1 aromatic carbocycles. The Morgan fingerprint density at radius 2 is 2.15 bits per heavy atom. The molecule has 0 bridgehead atoms. The van der Waals surface area contributed by atoms with E-state index in [2.05, 4.69) is 15.9 Å². The molecule has 1 rings (SSSR count). The molecule has 0 spiro atoms. The van der Waals surface area contributed by atoms with E-state index < -0.39 is 10.8 Å². The Labute approximate surface area is 90.1 Å². The number of hydrogen-bond donors (Lipinski definition) is 0. The minimum absolute atomic E-state index is 0.668. The lowest BCUT2D eigenvalue weighted by molar-refractivity contribution is 0.683. The van der Waals surface area contributed by atoms with Crippen LogP contribution in [0.25, 0.3) is 0 Å². The summed E-state index contributed by atoms with van der Waals surface area (Å²) in [6, 6.07) is 6.03. The van der Waals surface area contributed by atoms with Gasteiger partial charge >= 0.3 is 0 Å². The Morgan fingerprint density at radius 1 is 1.46 bits per heavy atom. The second kappa shape index (κ2) is 4.91. The molecule has 1 aromatic rings. The molecule has 0 N–H and O–H groups in total. The highest BCUT2D eigenvalue weighted by Crippen LogP contribution is 2.20. The van der Waals surface area contributed by atoms with Crippen LogP contribution in [0.1, 0.15) is 18.1 Å². The molecule has 0 saturated carbocycles. The topological polar surface area (TPSA) is 17.1 Å². The van der Waals surface area contributed by atoms with Gasteiger partial charge in [0.05, 0.1) is 0 Å². The third kappa shape index (κ3) is 2.92. The van der Waals surface area contributed by atoms with E-state index in [1.54, 1.807) is 0 Å². The van der Waals surface area contributed by atoms with Gasteiger partial charge in [0.1, 0.15) is 0 Å². The fourth-order valence-corrected chi connectivity index (χ4v) is 2.35. The lowest BCUT2D eigenvalue weighted by Crippen LogP contribution is -1.99. The zero-order valence-electron chi connectivity index (χ0n) is 7.84. The molecule has 72 valence electrons. The summed E-state index contributed by atoms with van der Waals surface area (Å²) < 4.78 is 12.4. The minimum atomic E-state index is -0.717. The van der Waals surface area contributed by atoms with Crippen molar-refractivity contribution in [2.24, 2.45) is 0 Å². The normalized spacial score (nSPS) is 12.8. The van der Waals surface area contributed by atoms with E-state index in [1.807, 2.05) is 32.0 Å². The van der Waals surface area contributed by atoms with Crippen LogP contribution in [0.2, 0.25) is 0 Å². The van der Waals surface area contributed by atoms with Crippen molar-refractivity contribution in [3.63, 3.8) is 0 Å². The van der Waals surface area contributed by atoms with Crippen molar-refractivity contribution in [2.75, 3.05) is 5.75 Å². The molecule has 1 atom stereocenters. The molecule has 0 fully saturated rings. The van der Waals surface area contributed by atoms with Crippen molar-refractivity contribution in [1.82, 2.24) is 0 Å². The molecule has 1 unspecified atom stereocenters. The predicted molar refractivity (Wildman–Crippen MR) is 61.3 cm³/mol. The van der Waals surface area contributed by atoms with Gasteiger partial charge in [0.15, 0.2) is 0 Å². The minimum Gasteiger partial charge on any atom is -0.259 e. The first-order valence-electron chi connectivity index (χ1n) is 4.24. The molecule has 3 heteroatoms. The van der Waals surface area contributed by atoms with Crippen LogP contribution in [0.3, 0.4) is 0 Å². The molecule has 0 aromatic heterocycles. The maximum Gasteiger partial charge on any atom is 0.0488 e. The zero-order chi connectivity index (χ0) is 9.84. The number of halogens is 1. The Balaban J connectivity index is 2.89. The van der Waals surface area contributed by atoms with Gasteiger partial charge in [-0.1, -0.05) is 35.0 Å². The molecular weight excluding hydrogens is 248 g/mol. The number of hydrogen-bond acceptors (Lipinski definition) is 1. The molecule has 0 amide bonds. The van der Waals surface area contributed by atoms with Crippen LogP contribution < -0.4 is 0 Å². The van der Waals surface area contributed by atoms with Crippen molar-refractivity contribution >= 4 is 26.7 Å². The molecule has 0 aliphatic rings. The number of rotatable bonds is 3. The van der Waals surface area contributed by atoms with Crippen molar-refractivity contribution in [2.45, 2.75) is 19.6 Å². The van der Waals surface area contributed by atoms with E-state index in [1.165, 1.54) is 11.1 Å². The summed E-state index contributed by atoms with van der Waals surface area (Å²) in [4.78, 5) is 0. The van der Waals surface area contributed by atoms with Crippen molar-refractivity contribution < 1.29 is 4.21 Å². The van der Waals surface area contributed by atoms with E-state index in [0.29, 0.717) is 5.75 Å². The lowest BCUT2D eigenvalue weighted by Gasteiger charge is -2.05. The van der Waals surface area contributed by atoms with Crippen LogP contribution in [-0.2, 0) is 16.6 Å². The number of benzene rings is 1. The maximum atomic E-state index is 11.3. The van der Waals surface area contributed by atoms with E-state index in [4.69, 9.17) is 0 Å². The Morgan fingerprint density at radius 3 is 2.77 bits per heavy atom. The van der Waals surface area contributed by atoms with E-state index in [9.17, 15) is 4.21 Å². The average Bonchev–Trinajstić information content (AvgIpc) is 2.13. The van der Waals surface area contributed by atoms with E-state index >= 15 is 0 Å². The first-order chi connectivity index (χ1) is 6.15. The van der Waals surface area contributed by atoms with Gasteiger partial charge in [0, 0.05) is 26.8 Å². The molecular formula is C10H13BrOS. The monoisotopic (exact) mass is 260 g/mol. The lowest BCUT2D eigenvalue weighted by atomic mass is 10.1. The Kier molecular flexibility index (Phi) is 4.13. The Bertz CT molecular complexity index is 323. The molecule has 13 heavy (non-hydrogen) atoms. The van der Waals surface area contributed by atoms with Gasteiger partial charge in [0.2, 0.25) is 0 Å². The molecule has 0 aliphatic carbocycles. The SMILES string of the molecule is CCS(=O)Cc1cccc(Br)c1C. The van der Waals surface area contributed by atoms with Crippen LogP contribution in [0.5, 0.6) is 0 Å². The third-order valence-electron chi connectivity index (χ3n) is 2.02. The fraction of sp³-hybridized carbons (Fsp3) is 0.400. The van der Waals surface area contributed by atoms with Crippen molar-refractivity contribution in [1.29, 1.82) is 0 Å². The van der Waals surface area contributed by atoms with Crippen LogP contribution in [0, 0.1) is 6.92 Å². The third-order valence-corrected chi connectivity index (χ3v) is 4.15. The van der Waals surface area contributed by atoms with Crippen LogP contribution >= 0.6 is 15.9 Å². The quantitative estimate of drug-likeness (QED) is 0.817. The van der Waals surface area contributed by atoms with Gasteiger partial charge in [-0.05, 0) is 24.1 Å². The summed E-state index contributed by atoms with van der Waals surface area (Å²) >= 11 is 3.46. The van der Waals surface area contributed by atoms with E-state index in [-0.39, 0.29) is 0 Å². The van der Waals surface area contributed by atoms with Crippen molar-refractivity contribution in [3.05, 3.63) is 33.8 Å². The van der Waals surface area contributed by atoms with Gasteiger partial charge in [-0.3, -0.25) is 4.21 Å². The predicted octanol–water partition coefficient (Wildman–Crippen LogP) is 3.03.